The minimum absolute atomic E-state index is 0.956. The molecule has 0 aliphatic rings. The van der Waals surface area contributed by atoms with Crippen LogP contribution in [0.15, 0.2) is 22.8 Å². The molecule has 0 bridgehead atoms. The number of fused-ring (bicyclic) bond motifs is 3. The summed E-state index contributed by atoms with van der Waals surface area (Å²) >= 11 is 3.75. The minimum atomic E-state index is 0.956. The largest absolute Gasteiger partial charge is 0.319 e. The van der Waals surface area contributed by atoms with Gasteiger partial charge in [0.2, 0.25) is 5.78 Å². The zero-order valence-electron chi connectivity index (χ0n) is 12.1. The van der Waals surface area contributed by atoms with Gasteiger partial charge in [-0.15, -0.1) is 0 Å². The first-order valence-corrected chi connectivity index (χ1v) is 7.76. The van der Waals surface area contributed by atoms with Crippen LogP contribution in [0.4, 0.5) is 0 Å². The predicted octanol–water partition coefficient (Wildman–Crippen LogP) is 2.91. The molecule has 0 spiro atoms. The summed E-state index contributed by atoms with van der Waals surface area (Å²) in [6.45, 7) is 3.13. The molecular formula is C15H19BrN4. The van der Waals surface area contributed by atoms with Crippen molar-refractivity contribution in [1.82, 2.24) is 19.3 Å². The van der Waals surface area contributed by atoms with Gasteiger partial charge in [0, 0.05) is 20.0 Å². The molecule has 106 valence electrons. The molecule has 0 aliphatic heterocycles. The number of nitrogens with one attached hydrogen (secondary N) is 1. The van der Waals surface area contributed by atoms with E-state index >= 15 is 0 Å². The lowest BCUT2D eigenvalue weighted by atomic mass is 10.1. The van der Waals surface area contributed by atoms with E-state index in [1.165, 1.54) is 16.8 Å². The number of aryl methyl sites for hydroxylation is 2. The normalized spacial score (nSPS) is 11.8. The molecule has 0 fully saturated rings. The van der Waals surface area contributed by atoms with Crippen molar-refractivity contribution >= 4 is 32.7 Å². The maximum Gasteiger partial charge on any atom is 0.215 e. The molecule has 5 heteroatoms. The topological polar surface area (TPSA) is 34.3 Å². The molecule has 0 radical (unpaired) electrons. The zero-order valence-corrected chi connectivity index (χ0v) is 13.7. The van der Waals surface area contributed by atoms with Crippen molar-refractivity contribution in [1.29, 1.82) is 0 Å². The van der Waals surface area contributed by atoms with E-state index in [1.807, 2.05) is 7.05 Å². The summed E-state index contributed by atoms with van der Waals surface area (Å²) in [7, 11) is 4.06. The number of imidazole rings is 2. The minimum Gasteiger partial charge on any atom is -0.319 e. The quantitative estimate of drug-likeness (QED) is 0.796. The Balaban J connectivity index is 2.30. The first-order chi connectivity index (χ1) is 9.69. The summed E-state index contributed by atoms with van der Waals surface area (Å²) in [6.07, 6.45) is 1.98. The number of aromatic nitrogens is 3. The van der Waals surface area contributed by atoms with Crippen molar-refractivity contribution in [2.45, 2.75) is 19.8 Å². The number of para-hydroxylation sites is 1. The van der Waals surface area contributed by atoms with Gasteiger partial charge in [-0.25, -0.2) is 4.98 Å². The van der Waals surface area contributed by atoms with Gasteiger partial charge in [0.15, 0.2) is 0 Å². The average Bonchev–Trinajstić information content (AvgIpc) is 2.95. The van der Waals surface area contributed by atoms with Crippen LogP contribution in [-0.4, -0.2) is 27.5 Å². The van der Waals surface area contributed by atoms with Crippen LogP contribution >= 0.6 is 15.9 Å². The molecular weight excluding hydrogens is 316 g/mol. The molecule has 0 saturated carbocycles. The molecule has 2 heterocycles. The van der Waals surface area contributed by atoms with Crippen LogP contribution in [-0.2, 0) is 19.9 Å². The SMILES string of the molecule is CCc1cccc2c1nc1n(C)c(CCNC)c(Br)n21. The highest BCUT2D eigenvalue weighted by molar-refractivity contribution is 9.10. The van der Waals surface area contributed by atoms with Crippen molar-refractivity contribution in [3.8, 4) is 0 Å². The third-order valence-electron chi connectivity index (χ3n) is 3.88. The maximum atomic E-state index is 4.85. The van der Waals surface area contributed by atoms with Gasteiger partial charge in [0.1, 0.15) is 4.60 Å². The number of likely N-dealkylation sites (N-methyl/N-ethyl adjacent to an activating group) is 1. The lowest BCUT2D eigenvalue weighted by molar-refractivity contribution is 0.741. The highest BCUT2D eigenvalue weighted by atomic mass is 79.9. The first-order valence-electron chi connectivity index (χ1n) is 6.96. The molecule has 20 heavy (non-hydrogen) atoms. The Morgan fingerprint density at radius 3 is 2.85 bits per heavy atom. The fourth-order valence-electron chi connectivity index (χ4n) is 2.75. The fourth-order valence-corrected chi connectivity index (χ4v) is 3.57. The van der Waals surface area contributed by atoms with Gasteiger partial charge in [-0.3, -0.25) is 4.40 Å². The van der Waals surface area contributed by atoms with Gasteiger partial charge < -0.3 is 9.88 Å². The molecule has 2 aromatic heterocycles. The Labute approximate surface area is 126 Å². The van der Waals surface area contributed by atoms with E-state index in [9.17, 15) is 0 Å². The standard InChI is InChI=1S/C15H19BrN4/c1-4-10-6-5-7-11-13(10)18-15-19(3)12(8-9-17-2)14(16)20(11)15/h5-7,17H,4,8-9H2,1-3H3. The number of halogens is 1. The Kier molecular flexibility index (Phi) is 3.56. The van der Waals surface area contributed by atoms with Gasteiger partial charge in [-0.1, -0.05) is 19.1 Å². The molecule has 3 aromatic rings. The molecule has 1 N–H and O–H groups in total. The van der Waals surface area contributed by atoms with Gasteiger partial charge in [0.05, 0.1) is 16.7 Å². The second-order valence-corrected chi connectivity index (χ2v) is 5.79. The van der Waals surface area contributed by atoms with E-state index < -0.39 is 0 Å². The summed E-state index contributed by atoms with van der Waals surface area (Å²) in [5.41, 5.74) is 4.86. The van der Waals surface area contributed by atoms with Crippen molar-refractivity contribution in [3.63, 3.8) is 0 Å². The van der Waals surface area contributed by atoms with Crippen LogP contribution in [0.25, 0.3) is 16.8 Å². The van der Waals surface area contributed by atoms with Crippen LogP contribution in [0, 0.1) is 0 Å². The number of hydrogen-bond acceptors (Lipinski definition) is 2. The average molecular weight is 335 g/mol. The maximum absolute atomic E-state index is 4.85. The Morgan fingerprint density at radius 2 is 2.15 bits per heavy atom. The van der Waals surface area contributed by atoms with Crippen LogP contribution in [0.3, 0.4) is 0 Å². The molecule has 0 aliphatic carbocycles. The summed E-state index contributed by atoms with van der Waals surface area (Å²) in [6, 6.07) is 6.41. The fraction of sp³-hybridized carbons (Fsp3) is 0.400. The van der Waals surface area contributed by atoms with Crippen molar-refractivity contribution < 1.29 is 0 Å². The molecule has 1 aromatic carbocycles. The van der Waals surface area contributed by atoms with Crippen LogP contribution in [0.5, 0.6) is 0 Å². The van der Waals surface area contributed by atoms with E-state index in [4.69, 9.17) is 4.98 Å². The van der Waals surface area contributed by atoms with Gasteiger partial charge in [-0.05, 0) is 41.0 Å². The Bertz CT molecular complexity index is 769. The summed E-state index contributed by atoms with van der Waals surface area (Å²) in [4.78, 5) is 4.85. The van der Waals surface area contributed by atoms with E-state index in [0.717, 1.165) is 35.3 Å². The lowest BCUT2D eigenvalue weighted by Gasteiger charge is -2.03. The molecule has 3 rings (SSSR count). The monoisotopic (exact) mass is 334 g/mol. The molecule has 0 atom stereocenters. The van der Waals surface area contributed by atoms with Gasteiger partial charge in [-0.2, -0.15) is 0 Å². The third-order valence-corrected chi connectivity index (χ3v) is 4.70. The van der Waals surface area contributed by atoms with Crippen LogP contribution < -0.4 is 5.32 Å². The van der Waals surface area contributed by atoms with E-state index in [-0.39, 0.29) is 0 Å². The van der Waals surface area contributed by atoms with Gasteiger partial charge >= 0.3 is 0 Å². The Morgan fingerprint density at radius 1 is 1.35 bits per heavy atom. The first kappa shape index (κ1) is 13.6. The molecule has 0 amide bonds. The predicted molar refractivity (Wildman–Crippen MR) is 86.4 cm³/mol. The summed E-state index contributed by atoms with van der Waals surface area (Å²) < 4.78 is 5.50. The van der Waals surface area contributed by atoms with E-state index in [1.54, 1.807) is 0 Å². The molecule has 0 unspecified atom stereocenters. The number of hydrogen-bond donors (Lipinski definition) is 1. The second-order valence-electron chi connectivity index (χ2n) is 5.04. The highest BCUT2D eigenvalue weighted by Gasteiger charge is 2.18. The van der Waals surface area contributed by atoms with Gasteiger partial charge in [0.25, 0.3) is 0 Å². The molecule has 4 nitrogen and oxygen atoms in total. The lowest BCUT2D eigenvalue weighted by Crippen LogP contribution is -2.12. The molecule has 0 saturated heterocycles. The third kappa shape index (κ3) is 1.88. The summed E-state index contributed by atoms with van der Waals surface area (Å²) in [5.74, 6) is 0.999. The number of benzene rings is 1. The smallest absolute Gasteiger partial charge is 0.215 e. The Hall–Kier alpha value is -1.33. The number of rotatable bonds is 4. The van der Waals surface area contributed by atoms with Crippen molar-refractivity contribution in [2.24, 2.45) is 7.05 Å². The highest BCUT2D eigenvalue weighted by Crippen LogP contribution is 2.28. The number of nitrogens with zero attached hydrogens (tertiary/aromatic N) is 3. The van der Waals surface area contributed by atoms with Crippen LogP contribution in [0.2, 0.25) is 0 Å². The summed E-state index contributed by atoms with van der Waals surface area (Å²) in [5, 5.41) is 3.20. The van der Waals surface area contributed by atoms with E-state index in [2.05, 4.69) is 62.4 Å². The second kappa shape index (κ2) is 5.22. The van der Waals surface area contributed by atoms with Crippen LogP contribution in [0.1, 0.15) is 18.2 Å². The zero-order chi connectivity index (χ0) is 14.3. The van der Waals surface area contributed by atoms with E-state index in [0.29, 0.717) is 0 Å². The van der Waals surface area contributed by atoms with Crippen molar-refractivity contribution in [2.75, 3.05) is 13.6 Å². The van der Waals surface area contributed by atoms with Crippen molar-refractivity contribution in [3.05, 3.63) is 34.1 Å².